The molecular weight excluding hydrogens is 405 g/mol. The van der Waals surface area contributed by atoms with E-state index in [2.05, 4.69) is 25.2 Å². The SMILES string of the molecule is CC(C)NC(=O)c1nc(-c2cnc(CN3CCOCC3)[nH]2)sc1-c1ccc(F)cc1. The molecule has 1 aliphatic heterocycles. The largest absolute Gasteiger partial charge is 0.379 e. The van der Waals surface area contributed by atoms with E-state index >= 15 is 0 Å². The smallest absolute Gasteiger partial charge is 0.271 e. The molecule has 0 saturated carbocycles. The van der Waals surface area contributed by atoms with Crippen molar-refractivity contribution in [2.75, 3.05) is 26.3 Å². The number of ether oxygens (including phenoxy) is 1. The topological polar surface area (TPSA) is 83.1 Å². The molecule has 4 rings (SSSR count). The molecule has 1 aromatic carbocycles. The number of amides is 1. The molecule has 0 radical (unpaired) electrons. The van der Waals surface area contributed by atoms with Crippen molar-refractivity contribution in [1.29, 1.82) is 0 Å². The highest BCUT2D eigenvalue weighted by atomic mass is 32.1. The van der Waals surface area contributed by atoms with E-state index in [1.165, 1.54) is 23.5 Å². The van der Waals surface area contributed by atoms with Crippen molar-refractivity contribution in [3.63, 3.8) is 0 Å². The van der Waals surface area contributed by atoms with Crippen LogP contribution in [0.3, 0.4) is 0 Å². The van der Waals surface area contributed by atoms with Crippen LogP contribution in [-0.4, -0.2) is 58.1 Å². The van der Waals surface area contributed by atoms with Gasteiger partial charge in [0.05, 0.1) is 36.5 Å². The summed E-state index contributed by atoms with van der Waals surface area (Å²) in [7, 11) is 0. The lowest BCUT2D eigenvalue weighted by Crippen LogP contribution is -2.35. The van der Waals surface area contributed by atoms with Crippen LogP contribution in [0, 0.1) is 5.82 Å². The number of imidazole rings is 1. The highest BCUT2D eigenvalue weighted by molar-refractivity contribution is 7.18. The van der Waals surface area contributed by atoms with E-state index in [4.69, 9.17) is 4.74 Å². The summed E-state index contributed by atoms with van der Waals surface area (Å²) < 4.78 is 18.8. The molecule has 3 heterocycles. The minimum atomic E-state index is -0.321. The van der Waals surface area contributed by atoms with Gasteiger partial charge >= 0.3 is 0 Å². The Morgan fingerprint density at radius 3 is 2.73 bits per heavy atom. The van der Waals surface area contributed by atoms with Gasteiger partial charge in [-0.1, -0.05) is 12.1 Å². The lowest BCUT2D eigenvalue weighted by molar-refractivity contribution is 0.0332. The molecule has 7 nitrogen and oxygen atoms in total. The Kier molecular flexibility index (Phi) is 6.21. The van der Waals surface area contributed by atoms with Crippen LogP contribution in [0.2, 0.25) is 0 Å². The fourth-order valence-electron chi connectivity index (χ4n) is 3.24. The molecule has 0 unspecified atom stereocenters. The first-order chi connectivity index (χ1) is 14.5. The summed E-state index contributed by atoms with van der Waals surface area (Å²) in [4.78, 5) is 28.1. The first kappa shape index (κ1) is 20.6. The quantitative estimate of drug-likeness (QED) is 0.628. The zero-order chi connectivity index (χ0) is 21.1. The molecule has 0 aliphatic carbocycles. The number of rotatable bonds is 6. The fraction of sp³-hybridized carbons (Fsp3) is 0.381. The maximum atomic E-state index is 13.4. The van der Waals surface area contributed by atoms with Gasteiger partial charge < -0.3 is 15.0 Å². The summed E-state index contributed by atoms with van der Waals surface area (Å²) in [6.07, 6.45) is 1.74. The minimum Gasteiger partial charge on any atom is -0.379 e. The molecule has 9 heteroatoms. The van der Waals surface area contributed by atoms with Gasteiger partial charge in [-0.3, -0.25) is 9.69 Å². The molecule has 2 aromatic heterocycles. The summed E-state index contributed by atoms with van der Waals surface area (Å²) in [5, 5.41) is 3.56. The van der Waals surface area contributed by atoms with Crippen LogP contribution in [0.25, 0.3) is 21.1 Å². The van der Waals surface area contributed by atoms with Gasteiger partial charge in [0, 0.05) is 19.1 Å². The third-order valence-corrected chi connectivity index (χ3v) is 5.84. The lowest BCUT2D eigenvalue weighted by Gasteiger charge is -2.25. The van der Waals surface area contributed by atoms with Gasteiger partial charge in [0.2, 0.25) is 0 Å². The maximum absolute atomic E-state index is 13.4. The molecule has 30 heavy (non-hydrogen) atoms. The zero-order valence-corrected chi connectivity index (χ0v) is 17.8. The van der Waals surface area contributed by atoms with Crippen molar-refractivity contribution in [3.8, 4) is 21.1 Å². The molecule has 158 valence electrons. The molecule has 0 bridgehead atoms. The number of halogens is 1. The van der Waals surface area contributed by atoms with Crippen molar-refractivity contribution in [1.82, 2.24) is 25.2 Å². The Labute approximate surface area is 178 Å². The average molecular weight is 430 g/mol. The Hall–Kier alpha value is -2.62. The predicted molar refractivity (Wildman–Crippen MR) is 114 cm³/mol. The number of hydrogen-bond acceptors (Lipinski definition) is 6. The van der Waals surface area contributed by atoms with E-state index in [1.807, 2.05) is 13.8 Å². The zero-order valence-electron chi connectivity index (χ0n) is 16.9. The standard InChI is InChI=1S/C21H24FN5O2S/c1-13(2)24-20(28)18-19(14-3-5-15(22)6-4-14)30-21(26-18)16-11-23-17(25-16)12-27-7-9-29-10-8-27/h3-6,11,13H,7-10,12H2,1-2H3,(H,23,25)(H,24,28). The summed E-state index contributed by atoms with van der Waals surface area (Å²) in [5.41, 5.74) is 1.84. The van der Waals surface area contributed by atoms with Crippen LogP contribution in [0.15, 0.2) is 30.5 Å². The molecule has 0 atom stereocenters. The van der Waals surface area contributed by atoms with Crippen molar-refractivity contribution < 1.29 is 13.9 Å². The van der Waals surface area contributed by atoms with Gasteiger partial charge in [0.25, 0.3) is 5.91 Å². The number of thiazole rings is 1. The second-order valence-corrected chi connectivity index (χ2v) is 8.46. The molecule has 1 aliphatic rings. The summed E-state index contributed by atoms with van der Waals surface area (Å²) in [6, 6.07) is 6.08. The van der Waals surface area contributed by atoms with E-state index in [0.717, 1.165) is 43.4 Å². The molecule has 3 aromatic rings. The van der Waals surface area contributed by atoms with Crippen molar-refractivity contribution >= 4 is 17.2 Å². The second-order valence-electron chi connectivity index (χ2n) is 7.46. The van der Waals surface area contributed by atoms with Crippen molar-refractivity contribution in [2.24, 2.45) is 0 Å². The van der Waals surface area contributed by atoms with Crippen LogP contribution >= 0.6 is 11.3 Å². The first-order valence-electron chi connectivity index (χ1n) is 9.91. The van der Waals surface area contributed by atoms with E-state index in [0.29, 0.717) is 22.1 Å². The Morgan fingerprint density at radius 2 is 2.03 bits per heavy atom. The average Bonchev–Trinajstić information content (AvgIpc) is 3.36. The number of benzene rings is 1. The molecule has 1 saturated heterocycles. The number of aromatic nitrogens is 3. The lowest BCUT2D eigenvalue weighted by atomic mass is 10.1. The molecule has 2 N–H and O–H groups in total. The van der Waals surface area contributed by atoms with Crippen molar-refractivity contribution in [2.45, 2.75) is 26.4 Å². The summed E-state index contributed by atoms with van der Waals surface area (Å²) >= 11 is 1.39. The second kappa shape index (κ2) is 9.03. The Bertz CT molecular complexity index is 1010. The highest BCUT2D eigenvalue weighted by Crippen LogP contribution is 2.35. The number of H-pyrrole nitrogens is 1. The number of carbonyl (C=O) groups excluding carboxylic acids is 1. The fourth-order valence-corrected chi connectivity index (χ4v) is 4.27. The molecule has 1 fully saturated rings. The van der Waals surface area contributed by atoms with Gasteiger partial charge in [-0.15, -0.1) is 11.3 Å². The summed E-state index contributed by atoms with van der Waals surface area (Å²) in [5.74, 6) is 0.275. The van der Waals surface area contributed by atoms with Gasteiger partial charge in [0.15, 0.2) is 0 Å². The molecule has 0 spiro atoms. The number of carbonyl (C=O) groups is 1. The maximum Gasteiger partial charge on any atom is 0.271 e. The van der Waals surface area contributed by atoms with Crippen molar-refractivity contribution in [3.05, 3.63) is 47.8 Å². The van der Waals surface area contributed by atoms with Crippen LogP contribution in [0.5, 0.6) is 0 Å². The van der Waals surface area contributed by atoms with Crippen LogP contribution in [-0.2, 0) is 11.3 Å². The molecule has 1 amide bonds. The van der Waals surface area contributed by atoms with Crippen LogP contribution in [0.1, 0.15) is 30.2 Å². The number of nitrogens with one attached hydrogen (secondary N) is 2. The van der Waals surface area contributed by atoms with E-state index < -0.39 is 0 Å². The highest BCUT2D eigenvalue weighted by Gasteiger charge is 2.22. The number of nitrogens with zero attached hydrogens (tertiary/aromatic N) is 3. The monoisotopic (exact) mass is 429 g/mol. The van der Waals surface area contributed by atoms with Gasteiger partial charge in [-0.05, 0) is 31.5 Å². The number of hydrogen-bond donors (Lipinski definition) is 2. The van der Waals surface area contributed by atoms with Gasteiger partial charge in [-0.2, -0.15) is 0 Å². The normalized spacial score (nSPS) is 14.9. The Morgan fingerprint density at radius 1 is 1.30 bits per heavy atom. The van der Waals surface area contributed by atoms with E-state index in [-0.39, 0.29) is 17.8 Å². The van der Waals surface area contributed by atoms with E-state index in [1.54, 1.807) is 18.3 Å². The molecular formula is C21H24FN5O2S. The van der Waals surface area contributed by atoms with Crippen LogP contribution in [0.4, 0.5) is 4.39 Å². The third-order valence-electron chi connectivity index (χ3n) is 4.70. The first-order valence-corrected chi connectivity index (χ1v) is 10.7. The minimum absolute atomic E-state index is 0.0176. The van der Waals surface area contributed by atoms with E-state index in [9.17, 15) is 9.18 Å². The van der Waals surface area contributed by atoms with Crippen LogP contribution < -0.4 is 5.32 Å². The van der Waals surface area contributed by atoms with Gasteiger partial charge in [0.1, 0.15) is 22.3 Å². The van der Waals surface area contributed by atoms with Gasteiger partial charge in [-0.25, -0.2) is 14.4 Å². The number of morpholine rings is 1. The Balaban J connectivity index is 1.63. The third kappa shape index (κ3) is 4.75. The summed E-state index contributed by atoms with van der Waals surface area (Å²) in [6.45, 7) is 7.72. The number of aromatic amines is 1. The predicted octanol–water partition coefficient (Wildman–Crippen LogP) is 3.31.